The predicted octanol–water partition coefficient (Wildman–Crippen LogP) is 2.17. The lowest BCUT2D eigenvalue weighted by atomic mass is 10.4. The normalized spacial score (nSPS) is 22.9. The molecule has 1 aromatic heterocycles. The molecule has 18 heavy (non-hydrogen) atoms. The Hall–Kier alpha value is -1.10. The summed E-state index contributed by atoms with van der Waals surface area (Å²) in [5.74, 6) is 1.69. The Kier molecular flexibility index (Phi) is 4.58. The molecule has 1 aliphatic rings. The standard InChI is InChI=1S/C13H22N4S/c1-4-10-7-15-12(18-10)8-16-13(14-5-2)17-11-6-9(11)3/h7,9,11H,4-6,8H2,1-3H3,(H2,14,16,17). The maximum atomic E-state index is 4.59. The summed E-state index contributed by atoms with van der Waals surface area (Å²) >= 11 is 1.75. The van der Waals surface area contributed by atoms with Crippen molar-refractivity contribution < 1.29 is 0 Å². The fourth-order valence-corrected chi connectivity index (χ4v) is 2.54. The van der Waals surface area contributed by atoms with Crippen LogP contribution in [0.4, 0.5) is 0 Å². The molecule has 4 nitrogen and oxygen atoms in total. The SMILES string of the molecule is CCNC(=NCc1ncc(CC)s1)NC1CC1C. The van der Waals surface area contributed by atoms with Crippen LogP contribution in [-0.4, -0.2) is 23.5 Å². The lowest BCUT2D eigenvalue weighted by Gasteiger charge is -2.10. The van der Waals surface area contributed by atoms with E-state index in [2.05, 4.69) is 41.4 Å². The van der Waals surface area contributed by atoms with Crippen molar-refractivity contribution in [3.63, 3.8) is 0 Å². The van der Waals surface area contributed by atoms with Gasteiger partial charge in [0.15, 0.2) is 5.96 Å². The Bertz CT molecular complexity index is 413. The molecule has 100 valence electrons. The average molecular weight is 266 g/mol. The van der Waals surface area contributed by atoms with E-state index in [-0.39, 0.29) is 0 Å². The van der Waals surface area contributed by atoms with Crippen LogP contribution in [0.1, 0.15) is 37.1 Å². The van der Waals surface area contributed by atoms with Crippen LogP contribution in [0.25, 0.3) is 0 Å². The molecule has 1 saturated carbocycles. The Balaban J connectivity index is 1.90. The van der Waals surface area contributed by atoms with Crippen LogP contribution >= 0.6 is 11.3 Å². The third-order valence-electron chi connectivity index (χ3n) is 3.10. The quantitative estimate of drug-likeness (QED) is 0.634. The van der Waals surface area contributed by atoms with Crippen molar-refractivity contribution in [3.8, 4) is 0 Å². The summed E-state index contributed by atoms with van der Waals surface area (Å²) < 4.78 is 0. The van der Waals surface area contributed by atoms with Crippen LogP contribution in [-0.2, 0) is 13.0 Å². The summed E-state index contributed by atoms with van der Waals surface area (Å²) in [5, 5.41) is 7.82. The van der Waals surface area contributed by atoms with E-state index in [1.54, 1.807) is 11.3 Å². The van der Waals surface area contributed by atoms with Crippen LogP contribution in [0.15, 0.2) is 11.2 Å². The van der Waals surface area contributed by atoms with E-state index in [1.807, 2.05) is 6.20 Å². The summed E-state index contributed by atoms with van der Waals surface area (Å²) in [6.45, 7) is 8.06. The Morgan fingerprint density at radius 3 is 2.89 bits per heavy atom. The third kappa shape index (κ3) is 3.70. The van der Waals surface area contributed by atoms with Gasteiger partial charge in [-0.15, -0.1) is 11.3 Å². The lowest BCUT2D eigenvalue weighted by Crippen LogP contribution is -2.39. The first-order chi connectivity index (χ1) is 8.72. The van der Waals surface area contributed by atoms with Crippen LogP contribution < -0.4 is 10.6 Å². The van der Waals surface area contributed by atoms with Gasteiger partial charge in [-0.3, -0.25) is 0 Å². The van der Waals surface area contributed by atoms with Crippen LogP contribution in [0.2, 0.25) is 0 Å². The first-order valence-electron chi connectivity index (χ1n) is 6.71. The van der Waals surface area contributed by atoms with Crippen molar-refractivity contribution in [2.75, 3.05) is 6.54 Å². The van der Waals surface area contributed by atoms with E-state index in [1.165, 1.54) is 11.3 Å². The highest BCUT2D eigenvalue weighted by atomic mass is 32.1. The highest BCUT2D eigenvalue weighted by molar-refractivity contribution is 7.11. The van der Waals surface area contributed by atoms with Gasteiger partial charge < -0.3 is 10.6 Å². The monoisotopic (exact) mass is 266 g/mol. The van der Waals surface area contributed by atoms with Crippen LogP contribution in [0.3, 0.4) is 0 Å². The maximum absolute atomic E-state index is 4.59. The molecule has 1 heterocycles. The number of rotatable bonds is 5. The zero-order chi connectivity index (χ0) is 13.0. The van der Waals surface area contributed by atoms with Gasteiger partial charge in [-0.2, -0.15) is 0 Å². The topological polar surface area (TPSA) is 49.3 Å². The number of aromatic nitrogens is 1. The van der Waals surface area contributed by atoms with Gasteiger partial charge in [-0.05, 0) is 25.7 Å². The number of aryl methyl sites for hydroxylation is 1. The van der Waals surface area contributed by atoms with E-state index in [0.29, 0.717) is 12.6 Å². The molecule has 0 amide bonds. The van der Waals surface area contributed by atoms with E-state index in [4.69, 9.17) is 0 Å². The van der Waals surface area contributed by atoms with Gasteiger partial charge in [0, 0.05) is 23.7 Å². The molecule has 0 radical (unpaired) electrons. The van der Waals surface area contributed by atoms with Crippen molar-refractivity contribution in [1.82, 2.24) is 15.6 Å². The fourth-order valence-electron chi connectivity index (χ4n) is 1.75. The summed E-state index contributed by atoms with van der Waals surface area (Å²) in [6.07, 6.45) is 4.26. The van der Waals surface area contributed by atoms with Gasteiger partial charge in [0.1, 0.15) is 5.01 Å². The molecule has 1 aromatic rings. The number of hydrogen-bond donors (Lipinski definition) is 2. The Morgan fingerprint density at radius 2 is 2.33 bits per heavy atom. The average Bonchev–Trinajstić information content (AvgIpc) is 2.89. The second-order valence-corrected chi connectivity index (χ2v) is 5.93. The predicted molar refractivity (Wildman–Crippen MR) is 77.0 cm³/mol. The lowest BCUT2D eigenvalue weighted by molar-refractivity contribution is 0.766. The molecule has 2 N–H and O–H groups in total. The Labute approximate surface area is 113 Å². The molecule has 0 spiro atoms. The number of hydrogen-bond acceptors (Lipinski definition) is 3. The van der Waals surface area contributed by atoms with Crippen molar-refractivity contribution >= 4 is 17.3 Å². The first kappa shape index (κ1) is 13.3. The Morgan fingerprint density at radius 1 is 1.56 bits per heavy atom. The zero-order valence-electron chi connectivity index (χ0n) is 11.4. The molecular formula is C13H22N4S. The highest BCUT2D eigenvalue weighted by Crippen LogP contribution is 2.28. The van der Waals surface area contributed by atoms with Crippen molar-refractivity contribution in [3.05, 3.63) is 16.1 Å². The second kappa shape index (κ2) is 6.18. The molecular weight excluding hydrogens is 244 g/mol. The number of nitrogens with zero attached hydrogens (tertiary/aromatic N) is 2. The smallest absolute Gasteiger partial charge is 0.191 e. The summed E-state index contributed by atoms with van der Waals surface area (Å²) in [5.41, 5.74) is 0. The number of guanidine groups is 1. The second-order valence-electron chi connectivity index (χ2n) is 4.73. The minimum absolute atomic E-state index is 0.602. The molecule has 5 heteroatoms. The maximum Gasteiger partial charge on any atom is 0.191 e. The zero-order valence-corrected chi connectivity index (χ0v) is 12.2. The van der Waals surface area contributed by atoms with Gasteiger partial charge in [0.05, 0.1) is 6.54 Å². The number of thiazole rings is 1. The first-order valence-corrected chi connectivity index (χ1v) is 7.53. The number of aliphatic imine (C=N–C) groups is 1. The fraction of sp³-hybridized carbons (Fsp3) is 0.692. The van der Waals surface area contributed by atoms with Crippen LogP contribution in [0, 0.1) is 5.92 Å². The van der Waals surface area contributed by atoms with Gasteiger partial charge >= 0.3 is 0 Å². The number of nitrogens with one attached hydrogen (secondary N) is 2. The summed E-state index contributed by atoms with van der Waals surface area (Å²) in [6, 6.07) is 0.602. The van der Waals surface area contributed by atoms with E-state index >= 15 is 0 Å². The minimum Gasteiger partial charge on any atom is -0.357 e. The van der Waals surface area contributed by atoms with Gasteiger partial charge in [-0.1, -0.05) is 13.8 Å². The largest absolute Gasteiger partial charge is 0.357 e. The molecule has 2 rings (SSSR count). The van der Waals surface area contributed by atoms with E-state index in [0.717, 1.165) is 29.9 Å². The summed E-state index contributed by atoms with van der Waals surface area (Å²) in [4.78, 5) is 10.3. The molecule has 0 aromatic carbocycles. The molecule has 2 atom stereocenters. The molecule has 0 aliphatic heterocycles. The van der Waals surface area contributed by atoms with Gasteiger partial charge in [0.25, 0.3) is 0 Å². The molecule has 0 bridgehead atoms. The van der Waals surface area contributed by atoms with E-state index in [9.17, 15) is 0 Å². The van der Waals surface area contributed by atoms with Crippen molar-refractivity contribution in [1.29, 1.82) is 0 Å². The molecule has 1 fully saturated rings. The minimum atomic E-state index is 0.602. The molecule has 2 unspecified atom stereocenters. The third-order valence-corrected chi connectivity index (χ3v) is 4.22. The van der Waals surface area contributed by atoms with E-state index < -0.39 is 0 Å². The van der Waals surface area contributed by atoms with Crippen molar-refractivity contribution in [2.24, 2.45) is 10.9 Å². The van der Waals surface area contributed by atoms with Gasteiger partial charge in [0.2, 0.25) is 0 Å². The van der Waals surface area contributed by atoms with Crippen molar-refractivity contribution in [2.45, 2.75) is 46.2 Å². The van der Waals surface area contributed by atoms with Gasteiger partial charge in [-0.25, -0.2) is 9.98 Å². The molecule has 1 aliphatic carbocycles. The van der Waals surface area contributed by atoms with Crippen LogP contribution in [0.5, 0.6) is 0 Å². The highest BCUT2D eigenvalue weighted by Gasteiger charge is 2.33. The summed E-state index contributed by atoms with van der Waals surface area (Å²) in [7, 11) is 0. The molecule has 0 saturated heterocycles.